The van der Waals surface area contributed by atoms with Crippen molar-refractivity contribution in [3.05, 3.63) is 12.2 Å². The molecule has 1 saturated carbocycles. The lowest BCUT2D eigenvalue weighted by Gasteiger charge is -2.29. The minimum Gasteiger partial charge on any atom is -0.354 e. The first-order valence-electron chi connectivity index (χ1n) is 10.2. The fourth-order valence-electron chi connectivity index (χ4n) is 4.36. The molecule has 8 nitrogen and oxygen atoms in total. The number of aryl methyl sites for hydroxylation is 1. The molecule has 150 valence electrons. The topological polar surface area (TPSA) is 101 Å². The molecule has 1 aromatic heterocycles. The van der Waals surface area contributed by atoms with Gasteiger partial charge >= 0.3 is 0 Å². The van der Waals surface area contributed by atoms with Crippen LogP contribution in [-0.4, -0.2) is 59.3 Å². The van der Waals surface area contributed by atoms with Crippen molar-refractivity contribution in [1.82, 2.24) is 25.4 Å². The van der Waals surface area contributed by atoms with Gasteiger partial charge in [-0.2, -0.15) is 5.10 Å². The minimum atomic E-state index is -2.85. The molecule has 1 saturated heterocycles. The molecule has 4 rings (SSSR count). The number of hydrogen-bond acceptors (Lipinski definition) is 5. The molecule has 9 heteroatoms. The first kappa shape index (κ1) is 18.7. The van der Waals surface area contributed by atoms with E-state index in [1.54, 1.807) is 6.33 Å². The Kier molecular flexibility index (Phi) is 5.66. The molecular weight excluding hydrogens is 364 g/mol. The van der Waals surface area contributed by atoms with Crippen molar-refractivity contribution in [1.29, 1.82) is 0 Å². The van der Waals surface area contributed by atoms with Crippen molar-refractivity contribution in [2.24, 2.45) is 10.9 Å². The first-order valence-corrected chi connectivity index (χ1v) is 12.0. The lowest BCUT2D eigenvalue weighted by atomic mass is 9.96. The van der Waals surface area contributed by atoms with Gasteiger partial charge in [0.2, 0.25) is 0 Å². The second-order valence-corrected chi connectivity index (χ2v) is 10.4. The number of fused-ring (bicyclic) bond motifs is 1. The Hall–Kier alpha value is -1.64. The molecule has 1 aliphatic carbocycles. The summed E-state index contributed by atoms with van der Waals surface area (Å²) in [7, 11) is -2.85. The van der Waals surface area contributed by atoms with Crippen molar-refractivity contribution in [3.8, 4) is 0 Å². The van der Waals surface area contributed by atoms with Crippen LogP contribution in [0.3, 0.4) is 0 Å². The summed E-state index contributed by atoms with van der Waals surface area (Å²) >= 11 is 0. The van der Waals surface area contributed by atoms with E-state index in [1.165, 1.54) is 32.1 Å². The number of sulfone groups is 1. The Morgan fingerprint density at radius 2 is 1.96 bits per heavy atom. The van der Waals surface area contributed by atoms with Gasteiger partial charge in [-0.05, 0) is 31.6 Å². The van der Waals surface area contributed by atoms with Gasteiger partial charge in [0.25, 0.3) is 0 Å². The molecule has 2 aliphatic heterocycles. The fraction of sp³-hybridized carbons (Fsp3) is 0.833. The molecule has 1 aromatic rings. The van der Waals surface area contributed by atoms with Gasteiger partial charge in [0.15, 0.2) is 15.8 Å². The highest BCUT2D eigenvalue weighted by Gasteiger charge is 2.28. The maximum atomic E-state index is 11.7. The van der Waals surface area contributed by atoms with Crippen LogP contribution in [0.1, 0.15) is 50.8 Å². The summed E-state index contributed by atoms with van der Waals surface area (Å²) in [5, 5.41) is 11.5. The standard InChI is InChI=1S/C18H30N6O2S/c25-27(26)9-8-14(12-27)10-19-18(22-15-4-2-1-3-5-15)23-16-6-7-17-20-13-21-24(17)11-16/h13-16H,1-12H2,(H2,19,22,23). The Morgan fingerprint density at radius 1 is 1.15 bits per heavy atom. The summed E-state index contributed by atoms with van der Waals surface area (Å²) in [5.41, 5.74) is 0. The molecule has 0 radical (unpaired) electrons. The van der Waals surface area contributed by atoms with E-state index < -0.39 is 9.84 Å². The van der Waals surface area contributed by atoms with Crippen molar-refractivity contribution in [3.63, 3.8) is 0 Å². The van der Waals surface area contributed by atoms with Crippen molar-refractivity contribution in [2.75, 3.05) is 18.1 Å². The third kappa shape index (κ3) is 5.00. The Morgan fingerprint density at radius 3 is 2.74 bits per heavy atom. The Balaban J connectivity index is 1.40. The Bertz CT molecular complexity index is 769. The van der Waals surface area contributed by atoms with Crippen molar-refractivity contribution >= 4 is 15.8 Å². The van der Waals surface area contributed by atoms with E-state index in [2.05, 4.69) is 20.7 Å². The van der Waals surface area contributed by atoms with Crippen molar-refractivity contribution < 1.29 is 8.42 Å². The summed E-state index contributed by atoms with van der Waals surface area (Å²) < 4.78 is 25.4. The molecule has 3 heterocycles. The van der Waals surface area contributed by atoms with Crippen LogP contribution in [0, 0.1) is 5.92 Å². The van der Waals surface area contributed by atoms with Crippen LogP contribution in [0.25, 0.3) is 0 Å². The van der Waals surface area contributed by atoms with Gasteiger partial charge in [-0.3, -0.25) is 4.99 Å². The van der Waals surface area contributed by atoms with Crippen LogP contribution >= 0.6 is 0 Å². The zero-order chi connectivity index (χ0) is 18.7. The van der Waals surface area contributed by atoms with Gasteiger partial charge in [-0.15, -0.1) is 0 Å². The van der Waals surface area contributed by atoms with E-state index in [4.69, 9.17) is 4.99 Å². The molecule has 2 unspecified atom stereocenters. The normalized spacial score (nSPS) is 28.7. The van der Waals surface area contributed by atoms with E-state index in [-0.39, 0.29) is 17.7 Å². The molecule has 2 atom stereocenters. The number of guanidine groups is 1. The predicted octanol–water partition coefficient (Wildman–Crippen LogP) is 0.896. The van der Waals surface area contributed by atoms with Gasteiger partial charge in [0, 0.05) is 25.0 Å². The first-order chi connectivity index (χ1) is 13.1. The van der Waals surface area contributed by atoms with Gasteiger partial charge in [0.05, 0.1) is 18.1 Å². The van der Waals surface area contributed by atoms with Gasteiger partial charge in [-0.25, -0.2) is 18.1 Å². The van der Waals surface area contributed by atoms with Crippen LogP contribution in [0.5, 0.6) is 0 Å². The second-order valence-electron chi connectivity index (χ2n) is 8.18. The van der Waals surface area contributed by atoms with Crippen LogP contribution in [0.4, 0.5) is 0 Å². The summed E-state index contributed by atoms with van der Waals surface area (Å²) in [5.74, 6) is 2.61. The smallest absolute Gasteiger partial charge is 0.191 e. The number of aromatic nitrogens is 3. The molecule has 0 spiro atoms. The monoisotopic (exact) mass is 394 g/mol. The van der Waals surface area contributed by atoms with Crippen molar-refractivity contribution in [2.45, 2.75) is 70.0 Å². The average Bonchev–Trinajstić information content (AvgIpc) is 3.26. The third-order valence-corrected chi connectivity index (χ3v) is 7.76. The van der Waals surface area contributed by atoms with Crippen LogP contribution < -0.4 is 10.6 Å². The van der Waals surface area contributed by atoms with Crippen LogP contribution in [-0.2, 0) is 22.8 Å². The summed E-state index contributed by atoms with van der Waals surface area (Å²) in [6.45, 7) is 1.36. The van der Waals surface area contributed by atoms with E-state index in [0.29, 0.717) is 18.3 Å². The highest BCUT2D eigenvalue weighted by atomic mass is 32.2. The molecular formula is C18H30N6O2S. The molecule has 0 bridgehead atoms. The summed E-state index contributed by atoms with van der Waals surface area (Å²) in [6.07, 6.45) is 10.5. The quantitative estimate of drug-likeness (QED) is 0.581. The number of rotatable bonds is 4. The van der Waals surface area contributed by atoms with Crippen LogP contribution in [0.2, 0.25) is 0 Å². The lowest BCUT2D eigenvalue weighted by molar-refractivity contribution is 0.378. The van der Waals surface area contributed by atoms with Gasteiger partial charge in [-0.1, -0.05) is 19.3 Å². The molecule has 3 aliphatic rings. The molecule has 2 fully saturated rings. The lowest BCUT2D eigenvalue weighted by Crippen LogP contribution is -2.50. The molecule has 2 N–H and O–H groups in total. The average molecular weight is 395 g/mol. The molecule has 0 aromatic carbocycles. The van der Waals surface area contributed by atoms with Gasteiger partial charge in [0.1, 0.15) is 12.2 Å². The number of nitrogens with one attached hydrogen (secondary N) is 2. The summed E-state index contributed by atoms with van der Waals surface area (Å²) in [4.78, 5) is 9.08. The second kappa shape index (κ2) is 8.16. The highest BCUT2D eigenvalue weighted by Crippen LogP contribution is 2.20. The number of nitrogens with zero attached hydrogens (tertiary/aromatic N) is 4. The van der Waals surface area contributed by atoms with E-state index in [1.807, 2.05) is 4.68 Å². The van der Waals surface area contributed by atoms with Crippen LogP contribution in [0.15, 0.2) is 11.3 Å². The zero-order valence-electron chi connectivity index (χ0n) is 15.8. The highest BCUT2D eigenvalue weighted by molar-refractivity contribution is 7.91. The maximum Gasteiger partial charge on any atom is 0.191 e. The van der Waals surface area contributed by atoms with Gasteiger partial charge < -0.3 is 10.6 Å². The minimum absolute atomic E-state index is 0.147. The number of hydrogen-bond donors (Lipinski definition) is 2. The predicted molar refractivity (Wildman–Crippen MR) is 104 cm³/mol. The molecule has 27 heavy (non-hydrogen) atoms. The number of aliphatic imine (C=N–C) groups is 1. The largest absolute Gasteiger partial charge is 0.354 e. The molecule has 0 amide bonds. The van der Waals surface area contributed by atoms with E-state index in [0.717, 1.165) is 37.6 Å². The summed E-state index contributed by atoms with van der Waals surface area (Å²) in [6, 6.07) is 0.726. The zero-order valence-corrected chi connectivity index (χ0v) is 16.6. The SMILES string of the molecule is O=S1(=O)CCC(CN=C(NC2CCCCC2)NC2CCc3ncnn3C2)C1. The van der Waals surface area contributed by atoms with E-state index in [9.17, 15) is 8.42 Å². The Labute approximate surface area is 161 Å². The van der Waals surface area contributed by atoms with E-state index >= 15 is 0 Å². The maximum absolute atomic E-state index is 11.7. The fourth-order valence-corrected chi connectivity index (χ4v) is 6.21. The third-order valence-electron chi connectivity index (χ3n) is 5.93.